The molecule has 100 valence electrons. The lowest BCUT2D eigenvalue weighted by atomic mass is 10.0. The van der Waals surface area contributed by atoms with Crippen molar-refractivity contribution in [2.24, 2.45) is 0 Å². The zero-order valence-corrected chi connectivity index (χ0v) is 11.6. The molecular formula is C16H12ClFN2. The van der Waals surface area contributed by atoms with E-state index in [-0.39, 0.29) is 5.82 Å². The fourth-order valence-electron chi connectivity index (χ4n) is 2.16. The molecule has 0 amide bonds. The van der Waals surface area contributed by atoms with Gasteiger partial charge < -0.3 is 5.32 Å². The quantitative estimate of drug-likeness (QED) is 0.736. The minimum Gasteiger partial charge on any atom is -0.373 e. The topological polar surface area (TPSA) is 24.9 Å². The SMILES string of the molecule is CNc1cc2ccc(-c3cc(F)ccc3Cl)cc2cn1. The Morgan fingerprint density at radius 2 is 1.90 bits per heavy atom. The van der Waals surface area contributed by atoms with Crippen molar-refractivity contribution in [3.63, 3.8) is 0 Å². The van der Waals surface area contributed by atoms with Crippen LogP contribution in [0.3, 0.4) is 0 Å². The monoisotopic (exact) mass is 286 g/mol. The van der Waals surface area contributed by atoms with E-state index in [1.165, 1.54) is 12.1 Å². The first-order chi connectivity index (χ1) is 9.67. The number of nitrogens with one attached hydrogen (secondary N) is 1. The molecule has 2 aromatic carbocycles. The zero-order chi connectivity index (χ0) is 14.1. The molecule has 0 radical (unpaired) electrons. The minimum atomic E-state index is -0.298. The highest BCUT2D eigenvalue weighted by Crippen LogP contribution is 2.31. The first-order valence-corrected chi connectivity index (χ1v) is 6.58. The highest BCUT2D eigenvalue weighted by molar-refractivity contribution is 6.33. The van der Waals surface area contributed by atoms with E-state index in [1.54, 1.807) is 12.3 Å². The Morgan fingerprint density at radius 1 is 1.05 bits per heavy atom. The minimum absolute atomic E-state index is 0.298. The van der Waals surface area contributed by atoms with Gasteiger partial charge in [0.15, 0.2) is 0 Å². The van der Waals surface area contributed by atoms with Crippen molar-refractivity contribution in [3.8, 4) is 11.1 Å². The third-order valence-electron chi connectivity index (χ3n) is 3.22. The number of fused-ring (bicyclic) bond motifs is 1. The van der Waals surface area contributed by atoms with Crippen molar-refractivity contribution in [1.29, 1.82) is 0 Å². The van der Waals surface area contributed by atoms with Gasteiger partial charge in [0.2, 0.25) is 0 Å². The van der Waals surface area contributed by atoms with E-state index in [0.717, 1.165) is 22.2 Å². The second-order valence-electron chi connectivity index (χ2n) is 4.51. The van der Waals surface area contributed by atoms with Gasteiger partial charge in [-0.1, -0.05) is 23.7 Å². The summed E-state index contributed by atoms with van der Waals surface area (Å²) in [6.45, 7) is 0. The number of nitrogens with zero attached hydrogens (tertiary/aromatic N) is 1. The van der Waals surface area contributed by atoms with Gasteiger partial charge in [-0.3, -0.25) is 0 Å². The summed E-state index contributed by atoms with van der Waals surface area (Å²) in [7, 11) is 1.83. The third-order valence-corrected chi connectivity index (χ3v) is 3.55. The summed E-state index contributed by atoms with van der Waals surface area (Å²) in [6, 6.07) is 12.2. The molecule has 2 nitrogen and oxygen atoms in total. The molecule has 3 aromatic rings. The number of halogens is 2. The number of benzene rings is 2. The van der Waals surface area contributed by atoms with Crippen molar-refractivity contribution in [1.82, 2.24) is 4.98 Å². The Balaban J connectivity index is 2.15. The molecule has 0 saturated heterocycles. The molecule has 4 heteroatoms. The van der Waals surface area contributed by atoms with E-state index >= 15 is 0 Å². The Kier molecular flexibility index (Phi) is 3.28. The number of anilines is 1. The van der Waals surface area contributed by atoms with Gasteiger partial charge in [-0.25, -0.2) is 9.37 Å². The van der Waals surface area contributed by atoms with E-state index in [9.17, 15) is 4.39 Å². The van der Waals surface area contributed by atoms with Crippen molar-refractivity contribution < 1.29 is 4.39 Å². The van der Waals surface area contributed by atoms with Crippen LogP contribution in [0.5, 0.6) is 0 Å². The van der Waals surface area contributed by atoms with Crippen LogP contribution in [0.2, 0.25) is 5.02 Å². The smallest absolute Gasteiger partial charge is 0.126 e. The lowest BCUT2D eigenvalue weighted by Crippen LogP contribution is -1.91. The lowest BCUT2D eigenvalue weighted by molar-refractivity contribution is 0.628. The molecule has 0 spiro atoms. The maximum Gasteiger partial charge on any atom is 0.126 e. The second kappa shape index (κ2) is 5.10. The van der Waals surface area contributed by atoms with Gasteiger partial charge in [-0.05, 0) is 41.3 Å². The number of hydrogen-bond acceptors (Lipinski definition) is 2. The Bertz CT molecular complexity index is 787. The maximum atomic E-state index is 13.4. The summed E-state index contributed by atoms with van der Waals surface area (Å²) in [4.78, 5) is 4.28. The van der Waals surface area contributed by atoms with Crippen LogP contribution in [0.4, 0.5) is 10.2 Å². The molecule has 0 saturated carbocycles. The predicted molar refractivity (Wildman–Crippen MR) is 81.7 cm³/mol. The Morgan fingerprint density at radius 3 is 2.70 bits per heavy atom. The summed E-state index contributed by atoms with van der Waals surface area (Å²) in [6.07, 6.45) is 1.79. The first-order valence-electron chi connectivity index (χ1n) is 6.20. The van der Waals surface area contributed by atoms with Gasteiger partial charge in [0, 0.05) is 29.2 Å². The fourth-order valence-corrected chi connectivity index (χ4v) is 2.39. The van der Waals surface area contributed by atoms with Crippen LogP contribution >= 0.6 is 11.6 Å². The Hall–Kier alpha value is -2.13. The molecule has 1 aromatic heterocycles. The Labute approximate surface area is 121 Å². The predicted octanol–water partition coefficient (Wildman–Crippen LogP) is 4.74. The molecule has 3 rings (SSSR count). The van der Waals surface area contributed by atoms with Crippen LogP contribution in [0, 0.1) is 5.82 Å². The van der Waals surface area contributed by atoms with E-state index in [1.807, 2.05) is 31.3 Å². The van der Waals surface area contributed by atoms with Gasteiger partial charge in [-0.15, -0.1) is 0 Å². The maximum absolute atomic E-state index is 13.4. The van der Waals surface area contributed by atoms with Gasteiger partial charge in [0.1, 0.15) is 11.6 Å². The average molecular weight is 287 g/mol. The molecule has 0 unspecified atom stereocenters. The van der Waals surface area contributed by atoms with E-state index in [0.29, 0.717) is 10.6 Å². The summed E-state index contributed by atoms with van der Waals surface area (Å²) < 4.78 is 13.4. The van der Waals surface area contributed by atoms with E-state index in [2.05, 4.69) is 10.3 Å². The highest BCUT2D eigenvalue weighted by atomic mass is 35.5. The standard InChI is InChI=1S/C16H12ClFN2/c1-19-16-7-10-2-3-11(6-12(10)9-20-16)14-8-13(18)4-5-15(14)17/h2-9H,1H3,(H,19,20). The van der Waals surface area contributed by atoms with Crippen molar-refractivity contribution in [2.75, 3.05) is 12.4 Å². The zero-order valence-electron chi connectivity index (χ0n) is 10.8. The lowest BCUT2D eigenvalue weighted by Gasteiger charge is -2.07. The molecule has 0 aliphatic carbocycles. The van der Waals surface area contributed by atoms with E-state index in [4.69, 9.17) is 11.6 Å². The number of aromatic nitrogens is 1. The van der Waals surface area contributed by atoms with Crippen LogP contribution in [0.15, 0.2) is 48.7 Å². The molecule has 0 atom stereocenters. The number of rotatable bonds is 2. The van der Waals surface area contributed by atoms with Crippen LogP contribution in [-0.4, -0.2) is 12.0 Å². The normalized spacial score (nSPS) is 10.8. The number of hydrogen-bond donors (Lipinski definition) is 1. The van der Waals surface area contributed by atoms with Gasteiger partial charge in [-0.2, -0.15) is 0 Å². The first kappa shape index (κ1) is 12.9. The third kappa shape index (κ3) is 2.32. The van der Waals surface area contributed by atoms with Crippen LogP contribution in [0.25, 0.3) is 21.9 Å². The largest absolute Gasteiger partial charge is 0.373 e. The van der Waals surface area contributed by atoms with Gasteiger partial charge >= 0.3 is 0 Å². The molecule has 0 bridgehead atoms. The van der Waals surface area contributed by atoms with Crippen molar-refractivity contribution >= 4 is 28.2 Å². The molecule has 20 heavy (non-hydrogen) atoms. The van der Waals surface area contributed by atoms with Crippen molar-refractivity contribution in [2.45, 2.75) is 0 Å². The van der Waals surface area contributed by atoms with Crippen molar-refractivity contribution in [3.05, 3.63) is 59.5 Å². The van der Waals surface area contributed by atoms with Crippen LogP contribution in [0.1, 0.15) is 0 Å². The molecule has 0 fully saturated rings. The van der Waals surface area contributed by atoms with E-state index < -0.39 is 0 Å². The molecule has 0 aliphatic rings. The van der Waals surface area contributed by atoms with Gasteiger partial charge in [0.05, 0.1) is 0 Å². The average Bonchev–Trinajstić information content (AvgIpc) is 2.48. The molecule has 1 N–H and O–H groups in total. The highest BCUT2D eigenvalue weighted by Gasteiger charge is 2.06. The van der Waals surface area contributed by atoms with Crippen LogP contribution < -0.4 is 5.32 Å². The molecule has 0 aliphatic heterocycles. The molecular weight excluding hydrogens is 275 g/mol. The molecule has 1 heterocycles. The summed E-state index contributed by atoms with van der Waals surface area (Å²) >= 11 is 6.14. The second-order valence-corrected chi connectivity index (χ2v) is 4.91. The van der Waals surface area contributed by atoms with Gasteiger partial charge in [0.25, 0.3) is 0 Å². The summed E-state index contributed by atoms with van der Waals surface area (Å²) in [5.74, 6) is 0.516. The van der Waals surface area contributed by atoms with Crippen LogP contribution in [-0.2, 0) is 0 Å². The summed E-state index contributed by atoms with van der Waals surface area (Å²) in [5, 5.41) is 5.59. The number of pyridine rings is 1. The fraction of sp³-hybridized carbons (Fsp3) is 0.0625. The summed E-state index contributed by atoms with van der Waals surface area (Å²) in [5.41, 5.74) is 1.56.